The largest absolute Gasteiger partial charge is 0.346 e. The Balaban J connectivity index is 2.66. The van der Waals surface area contributed by atoms with Crippen molar-refractivity contribution < 1.29 is 0 Å². The summed E-state index contributed by atoms with van der Waals surface area (Å²) in [7, 11) is 0. The maximum absolute atomic E-state index is 5.14. The minimum Gasteiger partial charge on any atom is -0.346 e. The van der Waals surface area contributed by atoms with E-state index in [1.54, 1.807) is 0 Å². The number of rotatable bonds is 6. The molecule has 0 bridgehead atoms. The Labute approximate surface area is 101 Å². The number of aromatic amines is 1. The van der Waals surface area contributed by atoms with E-state index in [4.69, 9.17) is 12.2 Å². The van der Waals surface area contributed by atoms with E-state index in [0.29, 0.717) is 4.64 Å². The van der Waals surface area contributed by atoms with Gasteiger partial charge in [-0.05, 0) is 24.7 Å². The quantitative estimate of drug-likeness (QED) is 0.608. The smallest absolute Gasteiger partial charge is 0.130 e. The van der Waals surface area contributed by atoms with Gasteiger partial charge >= 0.3 is 0 Å². The van der Waals surface area contributed by atoms with Crippen molar-refractivity contribution in [2.45, 2.75) is 38.9 Å². The molecule has 1 N–H and O–H groups in total. The summed E-state index contributed by atoms with van der Waals surface area (Å²) in [5, 5.41) is 0. The lowest BCUT2D eigenvalue weighted by Gasteiger charge is -2.04. The molecule has 0 radical (unpaired) electrons. The fraction of sp³-hybridized carbons (Fsp3) is 0.636. The second-order valence-corrected chi connectivity index (χ2v) is 5.02. The van der Waals surface area contributed by atoms with E-state index >= 15 is 0 Å². The average molecular weight is 242 g/mol. The van der Waals surface area contributed by atoms with Gasteiger partial charge in [0.15, 0.2) is 0 Å². The second-order valence-electron chi connectivity index (χ2n) is 3.49. The molecule has 0 fully saturated rings. The summed E-state index contributed by atoms with van der Waals surface area (Å²) in [6, 6.07) is 1.97. The molecule has 4 heteroatoms. The molecule has 1 aromatic rings. The Kier molecular flexibility index (Phi) is 5.95. The number of H-pyrrole nitrogens is 1. The number of hydrogen-bond donors (Lipinski definition) is 1. The number of nitrogens with zero attached hydrogens (tertiary/aromatic N) is 1. The first-order chi connectivity index (χ1) is 7.26. The van der Waals surface area contributed by atoms with Crippen LogP contribution in [0.2, 0.25) is 0 Å². The predicted molar refractivity (Wildman–Crippen MR) is 69.9 cm³/mol. The van der Waals surface area contributed by atoms with Crippen LogP contribution in [0.25, 0.3) is 0 Å². The molecule has 1 aromatic heterocycles. The molecule has 2 nitrogen and oxygen atoms in total. The monoisotopic (exact) mass is 242 g/mol. The van der Waals surface area contributed by atoms with Crippen molar-refractivity contribution in [2.75, 3.05) is 5.75 Å². The van der Waals surface area contributed by atoms with Crippen molar-refractivity contribution in [1.29, 1.82) is 0 Å². The predicted octanol–water partition coefficient (Wildman–Crippen LogP) is 3.73. The van der Waals surface area contributed by atoms with Gasteiger partial charge in [0.05, 0.1) is 5.75 Å². The van der Waals surface area contributed by atoms with Gasteiger partial charge in [-0.25, -0.2) is 4.98 Å². The molecule has 0 saturated heterocycles. The van der Waals surface area contributed by atoms with E-state index in [1.165, 1.54) is 17.9 Å². The molecule has 0 saturated carbocycles. The van der Waals surface area contributed by atoms with Gasteiger partial charge < -0.3 is 4.98 Å². The Bertz CT molecular complexity index is 347. The fourth-order valence-corrected chi connectivity index (χ4v) is 2.36. The minimum absolute atomic E-state index is 0.712. The van der Waals surface area contributed by atoms with Gasteiger partial charge in [0, 0.05) is 5.69 Å². The lowest BCUT2D eigenvalue weighted by atomic mass is 10.2. The van der Waals surface area contributed by atoms with Gasteiger partial charge in [-0.2, -0.15) is 11.8 Å². The van der Waals surface area contributed by atoms with E-state index in [1.807, 2.05) is 17.8 Å². The summed E-state index contributed by atoms with van der Waals surface area (Å²) in [4.78, 5) is 7.67. The summed E-state index contributed by atoms with van der Waals surface area (Å²) >= 11 is 7.04. The molecule has 0 spiro atoms. The molecular formula is C11H18N2S2. The normalized spacial score (nSPS) is 10.5. The summed E-state index contributed by atoms with van der Waals surface area (Å²) in [5.41, 5.74) is 1.21. The van der Waals surface area contributed by atoms with Crippen molar-refractivity contribution >= 4 is 24.0 Å². The number of aryl methyl sites for hydroxylation is 1. The third kappa shape index (κ3) is 4.80. The molecule has 15 heavy (non-hydrogen) atoms. The van der Waals surface area contributed by atoms with Crippen LogP contribution in [-0.2, 0) is 12.2 Å². The highest BCUT2D eigenvalue weighted by Gasteiger charge is 1.98. The number of aromatic nitrogens is 2. The van der Waals surface area contributed by atoms with Crippen molar-refractivity contribution in [3.05, 3.63) is 22.2 Å². The van der Waals surface area contributed by atoms with Crippen LogP contribution in [0, 0.1) is 4.64 Å². The van der Waals surface area contributed by atoms with Crippen molar-refractivity contribution in [2.24, 2.45) is 0 Å². The molecule has 0 amide bonds. The molecule has 0 aliphatic carbocycles. The molecule has 0 atom stereocenters. The van der Waals surface area contributed by atoms with Crippen molar-refractivity contribution in [1.82, 2.24) is 9.97 Å². The van der Waals surface area contributed by atoms with Gasteiger partial charge in [-0.3, -0.25) is 0 Å². The molecule has 0 aliphatic heterocycles. The van der Waals surface area contributed by atoms with E-state index in [9.17, 15) is 0 Å². The van der Waals surface area contributed by atoms with Crippen LogP contribution in [0.15, 0.2) is 6.07 Å². The Morgan fingerprint density at radius 2 is 2.20 bits per heavy atom. The summed E-state index contributed by atoms with van der Waals surface area (Å²) in [5.74, 6) is 3.14. The first-order valence-electron chi connectivity index (χ1n) is 5.43. The second kappa shape index (κ2) is 7.01. The topological polar surface area (TPSA) is 28.7 Å². The van der Waals surface area contributed by atoms with Crippen molar-refractivity contribution in [3.63, 3.8) is 0 Å². The maximum Gasteiger partial charge on any atom is 0.130 e. The van der Waals surface area contributed by atoms with Gasteiger partial charge in [0.2, 0.25) is 0 Å². The van der Waals surface area contributed by atoms with Crippen LogP contribution in [0.3, 0.4) is 0 Å². The van der Waals surface area contributed by atoms with Crippen LogP contribution in [0.4, 0.5) is 0 Å². The Morgan fingerprint density at radius 1 is 1.40 bits per heavy atom. The van der Waals surface area contributed by atoms with Gasteiger partial charge in [0.25, 0.3) is 0 Å². The van der Waals surface area contributed by atoms with Crippen molar-refractivity contribution in [3.8, 4) is 0 Å². The Morgan fingerprint density at radius 3 is 2.87 bits per heavy atom. The third-order valence-electron chi connectivity index (χ3n) is 1.95. The zero-order valence-corrected chi connectivity index (χ0v) is 11.0. The van der Waals surface area contributed by atoms with E-state index in [0.717, 1.165) is 24.4 Å². The number of hydrogen-bond acceptors (Lipinski definition) is 3. The molecule has 84 valence electrons. The summed E-state index contributed by atoms with van der Waals surface area (Å²) in [6.45, 7) is 4.36. The Hall–Kier alpha value is -0.350. The van der Waals surface area contributed by atoms with Crippen LogP contribution in [0.1, 0.15) is 38.2 Å². The van der Waals surface area contributed by atoms with E-state index in [-0.39, 0.29) is 0 Å². The highest BCUT2D eigenvalue weighted by atomic mass is 32.2. The minimum atomic E-state index is 0.712. The van der Waals surface area contributed by atoms with Gasteiger partial charge in [-0.15, -0.1) is 0 Å². The molecule has 0 aromatic carbocycles. The highest BCUT2D eigenvalue weighted by Crippen LogP contribution is 2.10. The number of nitrogens with one attached hydrogen (secondary N) is 1. The SMILES string of the molecule is CCCSCc1nc(=S)cc(CCC)[nH]1. The molecular weight excluding hydrogens is 224 g/mol. The molecule has 1 heterocycles. The zero-order valence-electron chi connectivity index (χ0n) is 9.38. The summed E-state index contributed by atoms with van der Waals surface area (Å²) in [6.07, 6.45) is 3.40. The third-order valence-corrected chi connectivity index (χ3v) is 3.34. The first-order valence-corrected chi connectivity index (χ1v) is 6.99. The van der Waals surface area contributed by atoms with E-state index < -0.39 is 0 Å². The standard InChI is InChI=1S/C11H18N2S2/c1-3-5-9-7-11(14)13-10(12-9)8-15-6-4-2/h7H,3-6,8H2,1-2H3,(H,12,13,14). The number of thioether (sulfide) groups is 1. The molecule has 0 unspecified atom stereocenters. The zero-order chi connectivity index (χ0) is 11.1. The fourth-order valence-electron chi connectivity index (χ4n) is 1.35. The van der Waals surface area contributed by atoms with E-state index in [2.05, 4.69) is 23.8 Å². The van der Waals surface area contributed by atoms with Crippen LogP contribution < -0.4 is 0 Å². The van der Waals surface area contributed by atoms with Crippen LogP contribution in [-0.4, -0.2) is 15.7 Å². The average Bonchev–Trinajstić information content (AvgIpc) is 2.18. The van der Waals surface area contributed by atoms with Crippen LogP contribution >= 0.6 is 24.0 Å². The lowest BCUT2D eigenvalue weighted by Crippen LogP contribution is -1.98. The van der Waals surface area contributed by atoms with Gasteiger partial charge in [-0.1, -0.05) is 32.5 Å². The molecule has 1 rings (SSSR count). The summed E-state index contributed by atoms with van der Waals surface area (Å²) < 4.78 is 0.712. The maximum atomic E-state index is 5.14. The first kappa shape index (κ1) is 12.7. The lowest BCUT2D eigenvalue weighted by molar-refractivity contribution is 0.850. The molecule has 0 aliphatic rings. The van der Waals surface area contributed by atoms with Crippen LogP contribution in [0.5, 0.6) is 0 Å². The van der Waals surface area contributed by atoms with Gasteiger partial charge in [0.1, 0.15) is 10.5 Å². The highest BCUT2D eigenvalue weighted by molar-refractivity contribution is 7.98.